The Morgan fingerprint density at radius 1 is 0.710 bits per heavy atom. The molecule has 0 radical (unpaired) electrons. The van der Waals surface area contributed by atoms with Crippen LogP contribution in [-0.2, 0) is 40.0 Å². The largest absolute Gasteiger partial charge is 2.00 e. The van der Waals surface area contributed by atoms with Gasteiger partial charge in [-0.3, -0.25) is 0 Å². The van der Waals surface area contributed by atoms with Gasteiger partial charge in [0, 0.05) is 0 Å². The van der Waals surface area contributed by atoms with Crippen LogP contribution in [0.5, 0.6) is 5.75 Å². The van der Waals surface area contributed by atoms with E-state index in [1.165, 1.54) is 5.56 Å². The molecule has 0 aromatic heterocycles. The fourth-order valence-electron chi connectivity index (χ4n) is 0.674. The average molecular weight is 696 g/mol. The zero-order chi connectivity index (χ0) is 20.7. The summed E-state index contributed by atoms with van der Waals surface area (Å²) in [6.07, 6.45) is 0. The molecule has 21 heteroatoms. The molecule has 0 fully saturated rings. The van der Waals surface area contributed by atoms with Crippen LogP contribution in [0, 0.1) is 6.92 Å². The number of rotatable bonds is 1. The van der Waals surface area contributed by atoms with Crippen LogP contribution in [0.4, 0.5) is 26.3 Å². The molecule has 1 aromatic rings. The topological polar surface area (TPSA) is 299 Å². The third-order valence-electron chi connectivity index (χ3n) is 1.82. The Morgan fingerprint density at radius 2 is 0.903 bits per heavy atom. The van der Waals surface area contributed by atoms with E-state index >= 15 is 0 Å². The molecular formula is C10H25F6N5O7OsS2. The van der Waals surface area contributed by atoms with Gasteiger partial charge in [0.25, 0.3) is 0 Å². The number of aryl methyl sites for hydroxylation is 1. The first-order valence-corrected chi connectivity index (χ1v) is 8.29. The minimum Gasteiger partial charge on any atom is -0.741 e. The fourth-order valence-corrected chi connectivity index (χ4v) is 0.674. The Bertz CT molecular complexity index is 704. The van der Waals surface area contributed by atoms with Crippen LogP contribution < -0.4 is 35.5 Å². The van der Waals surface area contributed by atoms with E-state index in [1.807, 2.05) is 24.3 Å². The molecule has 0 aliphatic rings. The molecule has 0 heterocycles. The van der Waals surface area contributed by atoms with Gasteiger partial charge in [-0.2, -0.15) is 26.3 Å². The molecule has 0 bridgehead atoms. The molecule has 0 aliphatic carbocycles. The number of alkyl halides is 6. The molecule has 1 rings (SSSR count). The molecule has 0 saturated carbocycles. The second kappa shape index (κ2) is 19.5. The number of methoxy groups -OCH3 is 1. The van der Waals surface area contributed by atoms with Gasteiger partial charge in [-0.15, -0.1) is 0 Å². The zero-order valence-corrected chi connectivity index (χ0v) is 20.3. The van der Waals surface area contributed by atoms with Gasteiger partial charge in [0.2, 0.25) is 0 Å². The molecule has 0 unspecified atom stereocenters. The second-order valence-corrected chi connectivity index (χ2v) is 6.56. The smallest absolute Gasteiger partial charge is 0.741 e. The van der Waals surface area contributed by atoms with Crippen molar-refractivity contribution in [2.45, 2.75) is 17.9 Å². The SMILES string of the molecule is COc1ccc(C)cc1.N.N.N.N.N.O=S(=O)([O-])C(F)(F)F.O=S(=O)([O-])C(F)(F)F.[Os+2]. The van der Waals surface area contributed by atoms with Crippen LogP contribution in [0.2, 0.25) is 0 Å². The summed E-state index contributed by atoms with van der Waals surface area (Å²) in [7, 11) is -10.5. The van der Waals surface area contributed by atoms with Crippen LogP contribution in [-0.4, -0.2) is 44.1 Å². The van der Waals surface area contributed by atoms with Gasteiger partial charge >= 0.3 is 30.8 Å². The molecule has 0 spiro atoms. The number of halogens is 6. The van der Waals surface area contributed by atoms with Gasteiger partial charge in [-0.25, -0.2) is 16.8 Å². The first-order valence-electron chi connectivity index (χ1n) is 5.48. The summed E-state index contributed by atoms with van der Waals surface area (Å²) < 4.78 is 123. The maximum Gasteiger partial charge on any atom is 2.00 e. The first-order chi connectivity index (χ1) is 10.8. The predicted molar refractivity (Wildman–Crippen MR) is 94.3 cm³/mol. The number of benzene rings is 1. The van der Waals surface area contributed by atoms with E-state index in [0.29, 0.717) is 0 Å². The van der Waals surface area contributed by atoms with Crippen molar-refractivity contribution in [3.05, 3.63) is 29.8 Å². The van der Waals surface area contributed by atoms with Gasteiger partial charge < -0.3 is 44.6 Å². The summed E-state index contributed by atoms with van der Waals surface area (Å²) in [6, 6.07) is 7.96. The van der Waals surface area contributed by atoms with Crippen molar-refractivity contribution in [2.24, 2.45) is 0 Å². The molecule has 15 N–H and O–H groups in total. The van der Waals surface area contributed by atoms with E-state index in [2.05, 4.69) is 6.92 Å². The predicted octanol–water partition coefficient (Wildman–Crippen LogP) is 2.91. The van der Waals surface area contributed by atoms with E-state index in [1.54, 1.807) is 7.11 Å². The van der Waals surface area contributed by atoms with E-state index in [0.717, 1.165) is 5.75 Å². The van der Waals surface area contributed by atoms with Crippen molar-refractivity contribution in [1.29, 1.82) is 0 Å². The van der Waals surface area contributed by atoms with Crippen molar-refractivity contribution in [3.8, 4) is 5.75 Å². The summed E-state index contributed by atoms with van der Waals surface area (Å²) in [4.78, 5) is 0. The Morgan fingerprint density at radius 3 is 1.03 bits per heavy atom. The Balaban J connectivity index is -0.0000000390. The van der Waals surface area contributed by atoms with E-state index in [9.17, 15) is 26.3 Å². The number of ether oxygens (including phenoxy) is 1. The maximum atomic E-state index is 10.7. The van der Waals surface area contributed by atoms with Crippen LogP contribution in [0.1, 0.15) is 5.56 Å². The monoisotopic (exact) mass is 697 g/mol. The van der Waals surface area contributed by atoms with Crippen LogP contribution in [0.15, 0.2) is 24.3 Å². The number of hydrogen-bond acceptors (Lipinski definition) is 12. The van der Waals surface area contributed by atoms with Crippen LogP contribution >= 0.6 is 0 Å². The van der Waals surface area contributed by atoms with Gasteiger partial charge in [0.1, 0.15) is 5.75 Å². The van der Waals surface area contributed by atoms with Gasteiger partial charge in [-0.05, 0) is 19.1 Å². The molecule has 12 nitrogen and oxygen atoms in total. The van der Waals surface area contributed by atoms with Crippen molar-refractivity contribution < 1.29 is 76.8 Å². The van der Waals surface area contributed by atoms with Crippen molar-refractivity contribution >= 4 is 20.2 Å². The standard InChI is InChI=1S/C8H10O.2CHF3O3S.5H3N.Os/c1-7-3-5-8(9-2)6-4-7;2*2-1(3,4)8(5,6)7;;;;;;/h3-6H,1-2H3;2*(H,5,6,7);5*1H3;/q;;;;;;;;+2/p-2. The minimum atomic E-state index is -6.09. The van der Waals surface area contributed by atoms with Crippen LogP contribution in [0.25, 0.3) is 0 Å². The summed E-state index contributed by atoms with van der Waals surface area (Å²) in [5, 5.41) is 0. The average Bonchev–Trinajstić information content (AvgIpc) is 2.36. The van der Waals surface area contributed by atoms with Gasteiger partial charge in [-0.1, -0.05) is 17.7 Å². The normalized spacial score (nSPS) is 9.87. The molecule has 31 heavy (non-hydrogen) atoms. The Labute approximate surface area is 188 Å². The summed E-state index contributed by atoms with van der Waals surface area (Å²) in [5.74, 6) is 0.917. The molecule has 0 amide bonds. The third kappa shape index (κ3) is 25.0. The minimum absolute atomic E-state index is 0. The summed E-state index contributed by atoms with van der Waals surface area (Å²) in [6.45, 7) is 2.06. The molecular weight excluding hydrogens is 670 g/mol. The number of hydrogen-bond donors (Lipinski definition) is 5. The maximum absolute atomic E-state index is 10.7. The summed E-state index contributed by atoms with van der Waals surface area (Å²) >= 11 is 0. The van der Waals surface area contributed by atoms with Gasteiger partial charge in [0.15, 0.2) is 20.2 Å². The van der Waals surface area contributed by atoms with Crippen molar-refractivity contribution in [3.63, 3.8) is 0 Å². The molecule has 0 saturated heterocycles. The Kier molecular flexibility index (Phi) is 32.8. The molecule has 0 atom stereocenters. The van der Waals surface area contributed by atoms with E-state index in [4.69, 9.17) is 30.7 Å². The van der Waals surface area contributed by atoms with E-state index < -0.39 is 31.3 Å². The van der Waals surface area contributed by atoms with E-state index in [-0.39, 0.29) is 50.5 Å². The summed E-state index contributed by atoms with van der Waals surface area (Å²) in [5.41, 5.74) is -10.0. The quantitative estimate of drug-likeness (QED) is 0.161. The molecule has 194 valence electrons. The van der Waals surface area contributed by atoms with Crippen molar-refractivity contribution in [1.82, 2.24) is 30.8 Å². The molecule has 0 aliphatic heterocycles. The fraction of sp³-hybridized carbons (Fsp3) is 0.400. The van der Waals surface area contributed by atoms with Crippen molar-refractivity contribution in [2.75, 3.05) is 7.11 Å². The van der Waals surface area contributed by atoms with Gasteiger partial charge in [0.05, 0.1) is 7.11 Å². The van der Waals surface area contributed by atoms with Crippen LogP contribution in [0.3, 0.4) is 0 Å². The zero-order valence-electron chi connectivity index (χ0n) is 16.1. The third-order valence-corrected chi connectivity index (χ3v) is 2.96. The Hall–Kier alpha value is -1.14. The first kappa shape index (κ1) is 52.0. The molecule has 1 aromatic carbocycles. The second-order valence-electron chi connectivity index (χ2n) is 3.82.